The number of benzene rings is 4. The number of nitrogens with zero attached hydrogens (tertiary/aromatic N) is 3. The molecule has 200 valence electrons. The van der Waals surface area contributed by atoms with Crippen molar-refractivity contribution in [2.75, 3.05) is 13.1 Å². The third kappa shape index (κ3) is 4.74. The average Bonchev–Trinajstić information content (AvgIpc) is 3.37. The Bertz CT molecular complexity index is 1450. The van der Waals surface area contributed by atoms with Gasteiger partial charge in [0.15, 0.2) is 0 Å². The Hall–Kier alpha value is -4.48. The summed E-state index contributed by atoms with van der Waals surface area (Å²) in [5.74, 6) is 0.129. The molecule has 5 nitrogen and oxygen atoms in total. The predicted octanol–water partition coefficient (Wildman–Crippen LogP) is 5.57. The fraction of sp³-hybridized carbons (Fsp3) is 0.200. The molecule has 1 aliphatic rings. The summed E-state index contributed by atoms with van der Waals surface area (Å²) in [6.45, 7) is 4.04. The van der Waals surface area contributed by atoms with Crippen molar-refractivity contribution < 1.29 is 4.79 Å². The van der Waals surface area contributed by atoms with Crippen molar-refractivity contribution in [1.82, 2.24) is 19.8 Å². The van der Waals surface area contributed by atoms with E-state index in [-0.39, 0.29) is 11.9 Å². The van der Waals surface area contributed by atoms with Crippen molar-refractivity contribution in [3.05, 3.63) is 161 Å². The van der Waals surface area contributed by atoms with Gasteiger partial charge in [0, 0.05) is 18.8 Å². The number of rotatable bonds is 8. The van der Waals surface area contributed by atoms with E-state index in [1.165, 1.54) is 0 Å². The second-order valence-corrected chi connectivity index (χ2v) is 10.4. The van der Waals surface area contributed by atoms with Crippen molar-refractivity contribution in [3.8, 4) is 0 Å². The largest absolute Gasteiger partial charge is 0.334 e. The molecule has 6 rings (SSSR count). The number of carbonyl (C=O) groups excluding carboxylic acids is 1. The lowest BCUT2D eigenvalue weighted by Crippen LogP contribution is -2.55. The number of hydrogen-bond donors (Lipinski definition) is 1. The highest BCUT2D eigenvalue weighted by molar-refractivity contribution is 5.83. The lowest BCUT2D eigenvalue weighted by molar-refractivity contribution is -0.136. The molecule has 0 unspecified atom stereocenters. The second-order valence-electron chi connectivity index (χ2n) is 10.4. The summed E-state index contributed by atoms with van der Waals surface area (Å²) in [7, 11) is 0. The van der Waals surface area contributed by atoms with E-state index in [1.807, 2.05) is 29.4 Å². The van der Waals surface area contributed by atoms with Gasteiger partial charge >= 0.3 is 0 Å². The van der Waals surface area contributed by atoms with E-state index in [4.69, 9.17) is 4.98 Å². The third-order valence-electron chi connectivity index (χ3n) is 8.05. The smallest absolute Gasteiger partial charge is 0.240 e. The quantitative estimate of drug-likeness (QED) is 0.269. The molecule has 0 spiro atoms. The van der Waals surface area contributed by atoms with Gasteiger partial charge in [-0.1, -0.05) is 121 Å². The summed E-state index contributed by atoms with van der Waals surface area (Å²) < 4.78 is 2.29. The van der Waals surface area contributed by atoms with E-state index < -0.39 is 5.54 Å². The van der Waals surface area contributed by atoms with E-state index in [2.05, 4.69) is 120 Å². The highest BCUT2D eigenvalue weighted by Crippen LogP contribution is 2.42. The molecule has 1 amide bonds. The van der Waals surface area contributed by atoms with Crippen molar-refractivity contribution in [2.24, 2.45) is 0 Å². The second kappa shape index (κ2) is 11.3. The Morgan fingerprint density at radius 3 is 1.80 bits per heavy atom. The minimum absolute atomic E-state index is 0.129. The van der Waals surface area contributed by atoms with Crippen molar-refractivity contribution >= 4 is 5.91 Å². The molecule has 0 bridgehead atoms. The zero-order valence-electron chi connectivity index (χ0n) is 22.8. The lowest BCUT2D eigenvalue weighted by Gasteiger charge is -2.38. The number of hydrogen-bond acceptors (Lipinski definition) is 3. The topological polar surface area (TPSA) is 50.2 Å². The van der Waals surface area contributed by atoms with Crippen LogP contribution in [0.3, 0.4) is 0 Å². The summed E-state index contributed by atoms with van der Waals surface area (Å²) in [4.78, 5) is 20.4. The summed E-state index contributed by atoms with van der Waals surface area (Å²) in [5, 5.41) is 3.42. The first-order valence-electron chi connectivity index (χ1n) is 13.9. The van der Waals surface area contributed by atoms with Crippen LogP contribution in [0.4, 0.5) is 0 Å². The Morgan fingerprint density at radius 1 is 0.775 bits per heavy atom. The summed E-state index contributed by atoms with van der Waals surface area (Å²) in [6, 6.07) is 41.8. The Morgan fingerprint density at radius 2 is 1.27 bits per heavy atom. The molecular weight excluding hydrogens is 492 g/mol. The highest BCUT2D eigenvalue weighted by Gasteiger charge is 2.40. The van der Waals surface area contributed by atoms with E-state index in [1.54, 1.807) is 0 Å². The molecule has 0 aliphatic carbocycles. The highest BCUT2D eigenvalue weighted by atomic mass is 16.2. The molecule has 5 heteroatoms. The fourth-order valence-electron chi connectivity index (χ4n) is 6.03. The predicted molar refractivity (Wildman–Crippen MR) is 159 cm³/mol. The lowest BCUT2D eigenvalue weighted by atomic mass is 9.76. The van der Waals surface area contributed by atoms with E-state index >= 15 is 0 Å². The Balaban J connectivity index is 1.40. The number of imidazole rings is 1. The van der Waals surface area contributed by atoms with Crippen molar-refractivity contribution in [1.29, 1.82) is 0 Å². The molecular formula is C35H34N4O. The summed E-state index contributed by atoms with van der Waals surface area (Å²) in [5.41, 5.74) is 5.96. The van der Waals surface area contributed by atoms with Crippen LogP contribution in [0.5, 0.6) is 0 Å². The maximum atomic E-state index is 13.5. The first-order chi connectivity index (χ1) is 19.7. The fourth-order valence-corrected chi connectivity index (χ4v) is 6.03. The van der Waals surface area contributed by atoms with Crippen LogP contribution in [-0.4, -0.2) is 39.5 Å². The van der Waals surface area contributed by atoms with Crippen LogP contribution in [0.2, 0.25) is 0 Å². The molecule has 0 radical (unpaired) electrons. The minimum atomic E-state index is -0.623. The first-order valence-corrected chi connectivity index (χ1v) is 13.9. The van der Waals surface area contributed by atoms with Crippen LogP contribution in [0, 0.1) is 6.92 Å². The minimum Gasteiger partial charge on any atom is -0.334 e. The van der Waals surface area contributed by atoms with Gasteiger partial charge < -0.3 is 14.8 Å². The van der Waals surface area contributed by atoms with Gasteiger partial charge in [0.1, 0.15) is 5.54 Å². The monoisotopic (exact) mass is 526 g/mol. The van der Waals surface area contributed by atoms with Crippen LogP contribution >= 0.6 is 0 Å². The van der Waals surface area contributed by atoms with Crippen LogP contribution in [0.25, 0.3) is 0 Å². The van der Waals surface area contributed by atoms with Gasteiger partial charge in [0.05, 0.1) is 24.6 Å². The van der Waals surface area contributed by atoms with Crippen LogP contribution < -0.4 is 5.32 Å². The number of nitrogens with one attached hydrogen (secondary N) is 1. The van der Waals surface area contributed by atoms with Gasteiger partial charge in [-0.3, -0.25) is 4.79 Å². The molecule has 40 heavy (non-hydrogen) atoms. The maximum absolute atomic E-state index is 13.5. The molecule has 1 fully saturated rings. The number of carbonyl (C=O) groups is 1. The van der Waals surface area contributed by atoms with Gasteiger partial charge in [-0.15, -0.1) is 0 Å². The van der Waals surface area contributed by atoms with E-state index in [9.17, 15) is 4.79 Å². The first kappa shape index (κ1) is 25.8. The third-order valence-corrected chi connectivity index (χ3v) is 8.05. The van der Waals surface area contributed by atoms with E-state index in [0.717, 1.165) is 40.2 Å². The zero-order valence-corrected chi connectivity index (χ0v) is 22.8. The van der Waals surface area contributed by atoms with Gasteiger partial charge in [-0.2, -0.15) is 0 Å². The number of aromatic nitrogens is 2. The standard InChI is InChI=1S/C35H34N4O/c1-27-33(25-38-23-22-36-32(34(38)40)24-28-14-6-2-7-15-28)37-26-39(27)35(29-16-8-3-9-17-29,30-18-10-4-11-19-30)31-20-12-5-13-21-31/h2-21,26,32,36H,22-25H2,1H3/t32-/m0/s1. The number of piperazine rings is 1. The molecule has 1 atom stereocenters. The van der Waals surface area contributed by atoms with Gasteiger partial charge in [0.2, 0.25) is 5.91 Å². The van der Waals surface area contributed by atoms with Crippen LogP contribution in [0.1, 0.15) is 33.6 Å². The van der Waals surface area contributed by atoms with Gasteiger partial charge in [-0.25, -0.2) is 4.98 Å². The molecule has 2 heterocycles. The molecule has 4 aromatic carbocycles. The maximum Gasteiger partial charge on any atom is 0.240 e. The zero-order chi connectivity index (χ0) is 27.4. The SMILES string of the molecule is Cc1c(CN2CCN[C@@H](Cc3ccccc3)C2=O)ncn1C(c1ccccc1)(c1ccccc1)c1ccccc1. The molecule has 5 aromatic rings. The summed E-state index contributed by atoms with van der Waals surface area (Å²) >= 11 is 0. The van der Waals surface area contributed by atoms with Crippen molar-refractivity contribution in [2.45, 2.75) is 31.5 Å². The van der Waals surface area contributed by atoms with Gasteiger partial charge in [0.25, 0.3) is 0 Å². The molecule has 1 aliphatic heterocycles. The molecule has 1 N–H and O–H groups in total. The summed E-state index contributed by atoms with van der Waals surface area (Å²) in [6.07, 6.45) is 2.63. The van der Waals surface area contributed by atoms with Gasteiger partial charge in [-0.05, 0) is 35.6 Å². The molecule has 1 aromatic heterocycles. The average molecular weight is 527 g/mol. The van der Waals surface area contributed by atoms with Crippen LogP contribution in [-0.2, 0) is 23.3 Å². The van der Waals surface area contributed by atoms with Crippen molar-refractivity contribution in [3.63, 3.8) is 0 Å². The van der Waals surface area contributed by atoms with E-state index in [0.29, 0.717) is 19.5 Å². The van der Waals surface area contributed by atoms with Crippen LogP contribution in [0.15, 0.2) is 128 Å². The Labute approximate surface area is 236 Å². The normalized spacial score (nSPS) is 15.8. The number of amides is 1. The Kier molecular flexibility index (Phi) is 7.30. The molecule has 0 saturated carbocycles. The molecule has 1 saturated heterocycles.